The number of benzene rings is 8. The third-order valence-corrected chi connectivity index (χ3v) is 12.6. The summed E-state index contributed by atoms with van der Waals surface area (Å²) in [6, 6.07) is 65.8. The summed E-state index contributed by atoms with van der Waals surface area (Å²) in [6.07, 6.45) is -0.796. The smallest absolute Gasteiger partial charge is 0.149 e. The molecule has 0 fully saturated rings. The zero-order chi connectivity index (χ0) is 37.9. The number of nitrogens with two attached hydrogens (primary N) is 1. The van der Waals surface area contributed by atoms with Crippen molar-refractivity contribution in [2.45, 2.75) is 27.5 Å². The molecule has 2 heterocycles. The zero-order valence-electron chi connectivity index (χ0n) is 30.9. The van der Waals surface area contributed by atoms with Crippen molar-refractivity contribution >= 4 is 17.4 Å². The molecule has 1 aliphatic carbocycles. The molecule has 5 nitrogen and oxygen atoms in total. The summed E-state index contributed by atoms with van der Waals surface area (Å²) >= 11 is 1.74. The van der Waals surface area contributed by atoms with Crippen LogP contribution in [0.1, 0.15) is 45.7 Å². The van der Waals surface area contributed by atoms with Crippen LogP contribution in [-0.2, 0) is 5.41 Å². The lowest BCUT2D eigenvalue weighted by Crippen LogP contribution is -2.36. The first-order chi connectivity index (χ1) is 28.2. The lowest BCUT2D eigenvalue weighted by molar-refractivity contribution is 0.427. The van der Waals surface area contributed by atoms with E-state index in [2.05, 4.69) is 150 Å². The third kappa shape index (κ3) is 5.33. The molecular weight excluding hydrogens is 719 g/mol. The molecule has 4 N–H and O–H groups in total. The second-order valence-electron chi connectivity index (χ2n) is 14.6. The van der Waals surface area contributed by atoms with Gasteiger partial charge in [-0.2, -0.15) is 0 Å². The van der Waals surface area contributed by atoms with E-state index in [9.17, 15) is 0 Å². The van der Waals surface area contributed by atoms with Crippen LogP contribution in [0.2, 0.25) is 0 Å². The molecule has 0 amide bonds. The Kier molecular flexibility index (Phi) is 8.03. The van der Waals surface area contributed by atoms with Gasteiger partial charge < -0.3 is 20.5 Å². The fourth-order valence-electron chi connectivity index (χ4n) is 9.06. The number of anilines is 1. The average molecular weight is 756 g/mol. The molecule has 2 aliphatic heterocycles. The topological polar surface area (TPSA) is 68.5 Å². The minimum Gasteiger partial charge on any atom is -0.457 e. The molecule has 0 aromatic heterocycles. The molecule has 0 bridgehead atoms. The summed E-state index contributed by atoms with van der Waals surface area (Å²) in [5, 5.41) is 7.40. The van der Waals surface area contributed by atoms with E-state index in [0.29, 0.717) is 0 Å². The van der Waals surface area contributed by atoms with Crippen molar-refractivity contribution in [1.82, 2.24) is 5.32 Å². The molecule has 6 heteroatoms. The summed E-state index contributed by atoms with van der Waals surface area (Å²) in [4.78, 5) is 2.11. The molecule has 3 aliphatic rings. The van der Waals surface area contributed by atoms with Gasteiger partial charge in [-0.1, -0.05) is 163 Å². The molecule has 2 atom stereocenters. The molecule has 0 saturated heterocycles. The highest BCUT2D eigenvalue weighted by Gasteiger charge is 2.51. The first kappa shape index (κ1) is 33.7. The Bertz CT molecular complexity index is 2780. The molecule has 1 spiro atoms. The number of hydrogen-bond acceptors (Lipinski definition) is 6. The third-order valence-electron chi connectivity index (χ3n) is 11.5. The van der Waals surface area contributed by atoms with Crippen LogP contribution < -0.4 is 25.8 Å². The van der Waals surface area contributed by atoms with E-state index >= 15 is 0 Å². The normalized spacial score (nSPS) is 14.7. The summed E-state index contributed by atoms with van der Waals surface area (Å²) < 4.78 is 13.8. The molecule has 8 aromatic rings. The van der Waals surface area contributed by atoms with Gasteiger partial charge in [-0.05, 0) is 69.8 Å². The van der Waals surface area contributed by atoms with E-state index < -0.39 is 11.6 Å². The lowest BCUT2D eigenvalue weighted by atomic mass is 9.66. The maximum atomic E-state index is 7.24. The molecule has 2 unspecified atom stereocenters. The van der Waals surface area contributed by atoms with Crippen LogP contribution >= 0.6 is 11.8 Å². The number of rotatable bonds is 7. The molecule has 274 valence electrons. The van der Waals surface area contributed by atoms with Gasteiger partial charge in [-0.3, -0.25) is 5.32 Å². The molecule has 8 aromatic carbocycles. The first-order valence-electron chi connectivity index (χ1n) is 19.3. The maximum absolute atomic E-state index is 7.24. The number of para-hydroxylation sites is 5. The lowest BCUT2D eigenvalue weighted by Gasteiger charge is -2.39. The molecular formula is C51H37N3O2S. The number of hydrogen-bond donors (Lipinski definition) is 3. The fourth-order valence-corrected chi connectivity index (χ4v) is 10.1. The number of nitrogens with one attached hydrogen (secondary N) is 2. The summed E-state index contributed by atoms with van der Waals surface area (Å²) in [5.41, 5.74) is 18.6. The van der Waals surface area contributed by atoms with E-state index in [1.54, 1.807) is 11.8 Å². The largest absolute Gasteiger partial charge is 0.457 e. The number of fused-ring (bicyclic) bond motifs is 11. The predicted molar refractivity (Wildman–Crippen MR) is 229 cm³/mol. The standard InChI is InChI=1S/C51H37N3O2S/c52-49(32-16-3-1-4-17-32)54-50(53-33-18-5-2-6-19-33)37-23-15-31-45-48(37)56-47-35(22-14-30-44(47)57-45)34-21-13-27-41-46(34)36-20-7-8-24-38(36)51(41)39-25-9-11-28-42(39)55-43-29-12-10-26-40(43)51/h1-31,49-50,53-54H,52H2. The maximum Gasteiger partial charge on any atom is 0.149 e. The Morgan fingerprint density at radius 2 is 1.04 bits per heavy atom. The Morgan fingerprint density at radius 1 is 0.474 bits per heavy atom. The van der Waals surface area contributed by atoms with Gasteiger partial charge in [0, 0.05) is 27.9 Å². The van der Waals surface area contributed by atoms with E-state index in [-0.39, 0.29) is 6.17 Å². The van der Waals surface area contributed by atoms with Gasteiger partial charge in [0.1, 0.15) is 29.2 Å². The van der Waals surface area contributed by atoms with Gasteiger partial charge >= 0.3 is 0 Å². The van der Waals surface area contributed by atoms with Gasteiger partial charge in [0.25, 0.3) is 0 Å². The van der Waals surface area contributed by atoms with Gasteiger partial charge in [0.2, 0.25) is 0 Å². The minimum atomic E-state index is -0.558. The summed E-state index contributed by atoms with van der Waals surface area (Å²) in [5.74, 6) is 3.40. The van der Waals surface area contributed by atoms with Crippen LogP contribution in [0.5, 0.6) is 23.0 Å². The van der Waals surface area contributed by atoms with Crippen molar-refractivity contribution in [3.63, 3.8) is 0 Å². The monoisotopic (exact) mass is 755 g/mol. The van der Waals surface area contributed by atoms with E-state index in [1.165, 1.54) is 22.3 Å². The van der Waals surface area contributed by atoms with Crippen LogP contribution in [0.15, 0.2) is 198 Å². The fraction of sp³-hybridized carbons (Fsp3) is 0.0588. The second kappa shape index (κ2) is 13.6. The highest BCUT2D eigenvalue weighted by Crippen LogP contribution is 2.64. The van der Waals surface area contributed by atoms with E-state index in [0.717, 1.165) is 71.9 Å². The molecule has 0 saturated carbocycles. The van der Waals surface area contributed by atoms with Crippen molar-refractivity contribution in [2.24, 2.45) is 5.73 Å². The summed E-state index contributed by atoms with van der Waals surface area (Å²) in [7, 11) is 0. The van der Waals surface area contributed by atoms with Gasteiger partial charge in [-0.15, -0.1) is 0 Å². The Labute approximate surface area is 336 Å². The molecule has 11 rings (SSSR count). The Balaban J connectivity index is 1.07. The second-order valence-corrected chi connectivity index (χ2v) is 15.7. The van der Waals surface area contributed by atoms with Crippen molar-refractivity contribution in [3.8, 4) is 45.3 Å². The van der Waals surface area contributed by atoms with Crippen LogP contribution in [0.4, 0.5) is 5.69 Å². The minimum absolute atomic E-state index is 0.367. The van der Waals surface area contributed by atoms with Gasteiger partial charge in [-0.25, -0.2) is 0 Å². The van der Waals surface area contributed by atoms with Gasteiger partial charge in [0.05, 0.1) is 21.4 Å². The molecule has 0 radical (unpaired) electrons. The van der Waals surface area contributed by atoms with Crippen LogP contribution in [-0.4, -0.2) is 0 Å². The Hall–Kier alpha value is -6.57. The van der Waals surface area contributed by atoms with Crippen molar-refractivity contribution in [2.75, 3.05) is 5.32 Å². The predicted octanol–water partition coefficient (Wildman–Crippen LogP) is 12.4. The van der Waals surface area contributed by atoms with Crippen molar-refractivity contribution in [3.05, 3.63) is 221 Å². The average Bonchev–Trinajstić information content (AvgIpc) is 3.56. The highest BCUT2D eigenvalue weighted by atomic mass is 32.2. The van der Waals surface area contributed by atoms with E-state index in [1.807, 2.05) is 48.5 Å². The van der Waals surface area contributed by atoms with Gasteiger partial charge in [0.15, 0.2) is 0 Å². The van der Waals surface area contributed by atoms with Crippen molar-refractivity contribution < 1.29 is 9.47 Å². The quantitative estimate of drug-likeness (QED) is 0.141. The summed E-state index contributed by atoms with van der Waals surface area (Å²) in [6.45, 7) is 0. The van der Waals surface area contributed by atoms with Crippen LogP contribution in [0, 0.1) is 0 Å². The first-order valence-corrected chi connectivity index (χ1v) is 20.1. The molecule has 57 heavy (non-hydrogen) atoms. The van der Waals surface area contributed by atoms with Crippen molar-refractivity contribution in [1.29, 1.82) is 0 Å². The van der Waals surface area contributed by atoms with Crippen LogP contribution in [0.25, 0.3) is 22.3 Å². The Morgan fingerprint density at radius 3 is 1.79 bits per heavy atom. The number of ether oxygens (including phenoxy) is 2. The SMILES string of the molecule is NC(NC(Nc1ccccc1)c1cccc2c1Oc1c(cccc1-c1cccc3c1-c1ccccc1C31c3ccccc3Oc3ccccc31)S2)c1ccccc1. The van der Waals surface area contributed by atoms with Crippen LogP contribution in [0.3, 0.4) is 0 Å². The zero-order valence-corrected chi connectivity index (χ0v) is 31.7. The van der Waals surface area contributed by atoms with E-state index in [4.69, 9.17) is 15.2 Å². The highest BCUT2D eigenvalue weighted by molar-refractivity contribution is 7.99.